The van der Waals surface area contributed by atoms with Crippen LogP contribution in [0.4, 0.5) is 0 Å². The van der Waals surface area contributed by atoms with Gasteiger partial charge in [0.25, 0.3) is 0 Å². The number of nitrogens with one attached hydrogen (secondary N) is 1. The van der Waals surface area contributed by atoms with Gasteiger partial charge in [-0.2, -0.15) is 0 Å². The van der Waals surface area contributed by atoms with Crippen molar-refractivity contribution in [1.82, 2.24) is 5.32 Å². The molecule has 0 aliphatic rings. The molecule has 1 aromatic rings. The minimum absolute atomic E-state index is 0.476. The van der Waals surface area contributed by atoms with Crippen LogP contribution in [0.15, 0.2) is 12.1 Å². The van der Waals surface area contributed by atoms with Gasteiger partial charge in [0.05, 0.1) is 0 Å². The minimum Gasteiger partial charge on any atom is -0.313 e. The zero-order chi connectivity index (χ0) is 12.3. The van der Waals surface area contributed by atoms with Crippen molar-refractivity contribution in [3.63, 3.8) is 0 Å². The summed E-state index contributed by atoms with van der Waals surface area (Å²) in [7, 11) is 2.06. The molecule has 0 saturated heterocycles. The van der Waals surface area contributed by atoms with Crippen molar-refractivity contribution in [2.75, 3.05) is 7.05 Å². The molecule has 0 spiro atoms. The Hall–Kier alpha value is -0.820. The highest BCUT2D eigenvalue weighted by atomic mass is 14.9. The summed E-state index contributed by atoms with van der Waals surface area (Å²) in [6, 6.07) is 5.12. The number of aryl methyl sites for hydroxylation is 3. The minimum atomic E-state index is 0.476. The Bertz CT molecular complexity index is 355. The molecule has 0 aromatic heterocycles. The van der Waals surface area contributed by atoms with Crippen molar-refractivity contribution in [2.45, 2.75) is 47.1 Å². The van der Waals surface area contributed by atoms with Crippen molar-refractivity contribution in [2.24, 2.45) is 5.92 Å². The van der Waals surface area contributed by atoms with Crippen molar-refractivity contribution < 1.29 is 0 Å². The zero-order valence-corrected chi connectivity index (χ0v) is 11.5. The van der Waals surface area contributed by atoms with Crippen LogP contribution in [0.3, 0.4) is 0 Å². The lowest BCUT2D eigenvalue weighted by molar-refractivity contribution is 0.399. The van der Waals surface area contributed by atoms with E-state index < -0.39 is 0 Å². The highest BCUT2D eigenvalue weighted by Crippen LogP contribution is 2.28. The normalized spacial score (nSPS) is 14.9. The molecular formula is C15H25N. The van der Waals surface area contributed by atoms with E-state index in [2.05, 4.69) is 59.1 Å². The summed E-state index contributed by atoms with van der Waals surface area (Å²) in [4.78, 5) is 0. The van der Waals surface area contributed by atoms with Gasteiger partial charge in [-0.3, -0.25) is 0 Å². The maximum atomic E-state index is 3.46. The summed E-state index contributed by atoms with van der Waals surface area (Å²) in [6.45, 7) is 11.2. The van der Waals surface area contributed by atoms with E-state index in [1.165, 1.54) is 28.7 Å². The molecule has 1 N–H and O–H groups in total. The van der Waals surface area contributed by atoms with Crippen molar-refractivity contribution >= 4 is 0 Å². The molecule has 2 atom stereocenters. The Morgan fingerprint density at radius 1 is 1.06 bits per heavy atom. The number of hydrogen-bond acceptors (Lipinski definition) is 1. The second kappa shape index (κ2) is 5.49. The first-order valence-corrected chi connectivity index (χ1v) is 6.26. The smallest absolute Gasteiger partial charge is 0.0346 e. The molecule has 16 heavy (non-hydrogen) atoms. The molecular weight excluding hydrogens is 194 g/mol. The first-order valence-electron chi connectivity index (χ1n) is 6.26. The van der Waals surface area contributed by atoms with Crippen molar-refractivity contribution in [1.29, 1.82) is 0 Å². The van der Waals surface area contributed by atoms with E-state index in [1.807, 2.05) is 0 Å². The van der Waals surface area contributed by atoms with Crippen LogP contribution in [0.1, 0.15) is 48.6 Å². The molecule has 1 rings (SSSR count). The van der Waals surface area contributed by atoms with Gasteiger partial charge >= 0.3 is 0 Å². The fourth-order valence-electron chi connectivity index (χ4n) is 2.30. The van der Waals surface area contributed by atoms with E-state index in [-0.39, 0.29) is 0 Å². The molecule has 0 amide bonds. The van der Waals surface area contributed by atoms with Crippen LogP contribution in [-0.2, 0) is 0 Å². The Morgan fingerprint density at radius 2 is 1.62 bits per heavy atom. The van der Waals surface area contributed by atoms with E-state index in [1.54, 1.807) is 0 Å². The molecule has 0 aliphatic carbocycles. The van der Waals surface area contributed by atoms with Gasteiger partial charge in [0.1, 0.15) is 0 Å². The van der Waals surface area contributed by atoms with Crippen molar-refractivity contribution in [3.8, 4) is 0 Å². The summed E-state index contributed by atoms with van der Waals surface area (Å²) >= 11 is 0. The molecule has 1 aromatic carbocycles. The largest absolute Gasteiger partial charge is 0.313 e. The standard InChI is InChI=1S/C15H25N/c1-7-10(2)15(16-6)14-9-12(4)11(3)8-13(14)5/h8-10,15-16H,7H2,1-6H3. The predicted molar refractivity (Wildman–Crippen MR) is 71.9 cm³/mol. The molecule has 0 heterocycles. The fourth-order valence-corrected chi connectivity index (χ4v) is 2.30. The third kappa shape index (κ3) is 2.65. The summed E-state index contributed by atoms with van der Waals surface area (Å²) < 4.78 is 0. The Labute approximate surface area is 100 Å². The van der Waals surface area contributed by atoms with Crippen LogP contribution in [0.5, 0.6) is 0 Å². The summed E-state index contributed by atoms with van der Waals surface area (Å²) in [5.41, 5.74) is 5.65. The number of hydrogen-bond donors (Lipinski definition) is 1. The van der Waals surface area contributed by atoms with Crippen LogP contribution in [0, 0.1) is 26.7 Å². The van der Waals surface area contributed by atoms with Gasteiger partial charge in [-0.05, 0) is 56.0 Å². The van der Waals surface area contributed by atoms with Crippen LogP contribution >= 0.6 is 0 Å². The fraction of sp³-hybridized carbons (Fsp3) is 0.600. The molecule has 1 nitrogen and oxygen atoms in total. The van der Waals surface area contributed by atoms with Gasteiger partial charge < -0.3 is 5.32 Å². The molecule has 2 unspecified atom stereocenters. The van der Waals surface area contributed by atoms with Gasteiger partial charge in [0.15, 0.2) is 0 Å². The quantitative estimate of drug-likeness (QED) is 0.809. The second-order valence-corrected chi connectivity index (χ2v) is 4.94. The van der Waals surface area contributed by atoms with Gasteiger partial charge in [-0.1, -0.05) is 32.4 Å². The molecule has 0 bridgehead atoms. The number of rotatable bonds is 4. The van der Waals surface area contributed by atoms with E-state index in [0.717, 1.165) is 0 Å². The van der Waals surface area contributed by atoms with E-state index in [0.29, 0.717) is 12.0 Å². The van der Waals surface area contributed by atoms with E-state index >= 15 is 0 Å². The third-order valence-electron chi connectivity index (χ3n) is 3.74. The highest BCUT2D eigenvalue weighted by molar-refractivity contribution is 5.38. The molecule has 0 fully saturated rings. The lowest BCUT2D eigenvalue weighted by atomic mass is 9.88. The average molecular weight is 219 g/mol. The zero-order valence-electron chi connectivity index (χ0n) is 11.5. The maximum absolute atomic E-state index is 3.46. The molecule has 0 radical (unpaired) electrons. The second-order valence-electron chi connectivity index (χ2n) is 4.94. The highest BCUT2D eigenvalue weighted by Gasteiger charge is 2.18. The van der Waals surface area contributed by atoms with Crippen molar-refractivity contribution in [3.05, 3.63) is 34.4 Å². The SMILES string of the molecule is CCC(C)C(NC)c1cc(C)c(C)cc1C. The van der Waals surface area contributed by atoms with Gasteiger partial charge in [0.2, 0.25) is 0 Å². The Kier molecular flexibility index (Phi) is 4.55. The average Bonchev–Trinajstić information content (AvgIpc) is 2.26. The maximum Gasteiger partial charge on any atom is 0.0346 e. The number of benzene rings is 1. The monoisotopic (exact) mass is 219 g/mol. The lowest BCUT2D eigenvalue weighted by Crippen LogP contribution is -2.24. The van der Waals surface area contributed by atoms with Crippen LogP contribution in [0.25, 0.3) is 0 Å². The molecule has 90 valence electrons. The topological polar surface area (TPSA) is 12.0 Å². The Morgan fingerprint density at radius 3 is 2.12 bits per heavy atom. The molecule has 0 aliphatic heterocycles. The Balaban J connectivity index is 3.15. The first-order chi connectivity index (χ1) is 7.51. The first kappa shape index (κ1) is 13.2. The molecule has 0 saturated carbocycles. The van der Waals surface area contributed by atoms with Gasteiger partial charge in [-0.25, -0.2) is 0 Å². The molecule has 1 heteroatoms. The lowest BCUT2D eigenvalue weighted by Gasteiger charge is -2.25. The summed E-state index contributed by atoms with van der Waals surface area (Å²) in [5, 5.41) is 3.46. The van der Waals surface area contributed by atoms with Gasteiger partial charge in [-0.15, -0.1) is 0 Å². The predicted octanol–water partition coefficient (Wildman–Crippen LogP) is 3.92. The van der Waals surface area contributed by atoms with Gasteiger partial charge in [0, 0.05) is 6.04 Å². The van der Waals surface area contributed by atoms with E-state index in [9.17, 15) is 0 Å². The van der Waals surface area contributed by atoms with Crippen LogP contribution in [-0.4, -0.2) is 7.05 Å². The summed E-state index contributed by atoms with van der Waals surface area (Å²) in [6.07, 6.45) is 1.21. The van der Waals surface area contributed by atoms with Crippen LogP contribution < -0.4 is 5.32 Å². The van der Waals surface area contributed by atoms with Crippen LogP contribution in [0.2, 0.25) is 0 Å². The van der Waals surface area contributed by atoms with E-state index in [4.69, 9.17) is 0 Å². The summed E-state index contributed by atoms with van der Waals surface area (Å²) in [5.74, 6) is 0.672. The third-order valence-corrected chi connectivity index (χ3v) is 3.74.